The zero-order chi connectivity index (χ0) is 16.3. The van der Waals surface area contributed by atoms with Crippen molar-refractivity contribution in [3.8, 4) is 0 Å². The van der Waals surface area contributed by atoms with E-state index in [4.69, 9.17) is 31.1 Å². The third-order valence-electron chi connectivity index (χ3n) is 3.76. The van der Waals surface area contributed by atoms with E-state index in [-0.39, 0.29) is 25.6 Å². The molecule has 2 radical (unpaired) electrons. The molecule has 2 aliphatic rings. The summed E-state index contributed by atoms with van der Waals surface area (Å²) in [5.41, 5.74) is 0. The quantitative estimate of drug-likeness (QED) is 0.492. The normalized spacial score (nSPS) is 41.6. The first-order valence-corrected chi connectivity index (χ1v) is 8.64. The number of phosphoric acid groups is 1. The number of aliphatic hydroxyl groups excluding tert-OH is 1. The number of hydrogen-bond donors (Lipinski definition) is 1. The second kappa shape index (κ2) is 7.72. The molecule has 0 aromatic carbocycles. The van der Waals surface area contributed by atoms with Crippen LogP contribution in [0.2, 0.25) is 0 Å². The minimum atomic E-state index is -4.53. The second-order valence-electron chi connectivity index (χ2n) is 5.63. The maximum atomic E-state index is 11.9. The molecular formula is C12H21BO8P-. The van der Waals surface area contributed by atoms with Gasteiger partial charge in [0.15, 0.2) is 6.29 Å². The van der Waals surface area contributed by atoms with Crippen molar-refractivity contribution in [2.75, 3.05) is 20.3 Å². The van der Waals surface area contributed by atoms with Crippen molar-refractivity contribution in [2.45, 2.75) is 50.4 Å². The second-order valence-corrected chi connectivity index (χ2v) is 7.00. The lowest BCUT2D eigenvalue weighted by Gasteiger charge is -2.29. The maximum absolute atomic E-state index is 11.9. The SMILES string of the molecule is [B][C@H]1CC(OP(=O)([O-])OC[C@H]2O[C@@H](O)CC2C)[C@@H](COC)O1. The van der Waals surface area contributed by atoms with E-state index in [1.54, 1.807) is 0 Å². The zero-order valence-electron chi connectivity index (χ0n) is 12.6. The van der Waals surface area contributed by atoms with Gasteiger partial charge in [0.1, 0.15) is 14.0 Å². The first-order chi connectivity index (χ1) is 10.3. The minimum Gasteiger partial charge on any atom is -0.756 e. The van der Waals surface area contributed by atoms with Gasteiger partial charge in [-0.15, -0.1) is 0 Å². The summed E-state index contributed by atoms with van der Waals surface area (Å²) in [6.07, 6.45) is -2.00. The molecule has 0 aromatic heterocycles. The Morgan fingerprint density at radius 1 is 1.32 bits per heavy atom. The Morgan fingerprint density at radius 3 is 2.64 bits per heavy atom. The number of rotatable bonds is 7. The van der Waals surface area contributed by atoms with Crippen LogP contribution in [0.4, 0.5) is 0 Å². The number of phosphoric ester groups is 1. The van der Waals surface area contributed by atoms with Gasteiger partial charge < -0.3 is 33.3 Å². The highest BCUT2D eigenvalue weighted by Crippen LogP contribution is 2.44. The fraction of sp³-hybridized carbons (Fsp3) is 1.00. The largest absolute Gasteiger partial charge is 0.756 e. The van der Waals surface area contributed by atoms with Gasteiger partial charge in [-0.1, -0.05) is 6.92 Å². The van der Waals surface area contributed by atoms with Gasteiger partial charge in [-0.25, -0.2) is 0 Å². The minimum absolute atomic E-state index is 0.000485. The molecule has 0 amide bonds. The molecule has 8 nitrogen and oxygen atoms in total. The molecule has 0 saturated carbocycles. The van der Waals surface area contributed by atoms with Crippen LogP contribution in [0.25, 0.3) is 0 Å². The van der Waals surface area contributed by atoms with Crippen molar-refractivity contribution < 1.29 is 37.8 Å². The van der Waals surface area contributed by atoms with Crippen molar-refractivity contribution in [1.82, 2.24) is 0 Å². The van der Waals surface area contributed by atoms with Crippen LogP contribution in [0, 0.1) is 5.92 Å². The summed E-state index contributed by atoms with van der Waals surface area (Å²) in [6.45, 7) is 1.82. The van der Waals surface area contributed by atoms with Gasteiger partial charge in [0.2, 0.25) is 0 Å². The molecule has 10 heteroatoms. The Balaban J connectivity index is 1.83. The molecule has 0 aliphatic carbocycles. The average molecular weight is 335 g/mol. The van der Waals surface area contributed by atoms with Crippen molar-refractivity contribution in [3.63, 3.8) is 0 Å². The molecule has 3 unspecified atom stereocenters. The highest BCUT2D eigenvalue weighted by molar-refractivity contribution is 7.45. The Morgan fingerprint density at radius 2 is 2.05 bits per heavy atom. The van der Waals surface area contributed by atoms with Gasteiger partial charge in [0, 0.05) is 19.5 Å². The van der Waals surface area contributed by atoms with Crippen LogP contribution in [0.1, 0.15) is 19.8 Å². The molecule has 1 N–H and O–H groups in total. The third-order valence-corrected chi connectivity index (χ3v) is 4.76. The van der Waals surface area contributed by atoms with E-state index in [0.717, 1.165) is 0 Å². The van der Waals surface area contributed by atoms with Crippen molar-refractivity contribution in [2.24, 2.45) is 5.92 Å². The topological polar surface area (TPSA) is 107 Å². The molecule has 2 heterocycles. The number of ether oxygens (including phenoxy) is 3. The Kier molecular flexibility index (Phi) is 6.44. The summed E-state index contributed by atoms with van der Waals surface area (Å²) in [7, 11) is 2.58. The Labute approximate surface area is 131 Å². The average Bonchev–Trinajstić information content (AvgIpc) is 2.90. The monoisotopic (exact) mass is 335 g/mol. The first kappa shape index (κ1) is 18.4. The smallest absolute Gasteiger partial charge is 0.268 e. The summed E-state index contributed by atoms with van der Waals surface area (Å²) >= 11 is 0. The number of hydrogen-bond acceptors (Lipinski definition) is 8. The molecule has 0 aromatic rings. The Hall–Kier alpha value is 0.0149. The molecule has 22 heavy (non-hydrogen) atoms. The van der Waals surface area contributed by atoms with Crippen LogP contribution in [0.15, 0.2) is 0 Å². The number of methoxy groups -OCH3 is 1. The summed E-state index contributed by atoms with van der Waals surface area (Å²) in [4.78, 5) is 11.9. The molecular weight excluding hydrogens is 314 g/mol. The van der Waals surface area contributed by atoms with Gasteiger partial charge in [0.25, 0.3) is 7.82 Å². The van der Waals surface area contributed by atoms with Crippen LogP contribution in [0.3, 0.4) is 0 Å². The highest BCUT2D eigenvalue weighted by atomic mass is 31.2. The van der Waals surface area contributed by atoms with Gasteiger partial charge in [-0.3, -0.25) is 4.57 Å². The summed E-state index contributed by atoms with van der Waals surface area (Å²) in [5, 5.41) is 9.35. The summed E-state index contributed by atoms with van der Waals surface area (Å²) < 4.78 is 37.2. The standard InChI is InChI=1S/C12H22BO8P/c1-7-3-12(14)20-9(7)6-18-22(15,16)21-8-4-11(13)19-10(8)5-17-2/h7-12,14H,3-6H2,1-2H3,(H,15,16)/p-1/t7?,8?,9-,10-,11-,12-/m1/s1. The molecule has 2 rings (SSSR count). The van der Waals surface area contributed by atoms with Gasteiger partial charge >= 0.3 is 0 Å². The predicted octanol–water partition coefficient (Wildman–Crippen LogP) is -0.470. The van der Waals surface area contributed by atoms with Crippen molar-refractivity contribution in [3.05, 3.63) is 0 Å². The molecule has 7 atom stereocenters. The Bertz CT molecular complexity index is 411. The lowest BCUT2D eigenvalue weighted by molar-refractivity contribution is -0.234. The van der Waals surface area contributed by atoms with Gasteiger partial charge in [-0.05, 0) is 12.3 Å². The summed E-state index contributed by atoms with van der Waals surface area (Å²) in [5.74, 6) is -0.000485. The third kappa shape index (κ3) is 5.01. The molecule has 0 bridgehead atoms. The van der Waals surface area contributed by atoms with Crippen molar-refractivity contribution >= 4 is 15.7 Å². The fourth-order valence-electron chi connectivity index (χ4n) is 2.60. The molecule has 2 aliphatic heterocycles. The predicted molar refractivity (Wildman–Crippen MR) is 74.0 cm³/mol. The summed E-state index contributed by atoms with van der Waals surface area (Å²) in [6, 6.07) is -0.599. The molecule has 0 spiro atoms. The lowest BCUT2D eigenvalue weighted by Crippen LogP contribution is -2.31. The van der Waals surface area contributed by atoms with Crippen LogP contribution in [0.5, 0.6) is 0 Å². The maximum Gasteiger partial charge on any atom is 0.268 e. The van der Waals surface area contributed by atoms with E-state index in [1.807, 2.05) is 6.92 Å². The molecule has 2 saturated heterocycles. The van der Waals surface area contributed by atoms with Crippen LogP contribution in [-0.2, 0) is 27.8 Å². The first-order valence-electron chi connectivity index (χ1n) is 7.18. The molecule has 2 fully saturated rings. The van der Waals surface area contributed by atoms with E-state index in [1.165, 1.54) is 7.11 Å². The van der Waals surface area contributed by atoms with Crippen LogP contribution >= 0.6 is 7.82 Å². The number of aliphatic hydroxyl groups is 1. The van der Waals surface area contributed by atoms with Crippen LogP contribution in [-0.4, -0.2) is 63.9 Å². The lowest BCUT2D eigenvalue weighted by atomic mass is 9.96. The highest BCUT2D eigenvalue weighted by Gasteiger charge is 2.37. The molecule has 126 valence electrons. The van der Waals surface area contributed by atoms with E-state index in [2.05, 4.69) is 0 Å². The van der Waals surface area contributed by atoms with E-state index >= 15 is 0 Å². The van der Waals surface area contributed by atoms with E-state index < -0.39 is 38.4 Å². The zero-order valence-corrected chi connectivity index (χ0v) is 13.5. The van der Waals surface area contributed by atoms with E-state index in [9.17, 15) is 14.6 Å². The van der Waals surface area contributed by atoms with Gasteiger partial charge in [-0.2, -0.15) is 0 Å². The van der Waals surface area contributed by atoms with Crippen LogP contribution < -0.4 is 4.89 Å². The fourth-order valence-corrected chi connectivity index (χ4v) is 3.54. The van der Waals surface area contributed by atoms with E-state index in [0.29, 0.717) is 6.42 Å². The van der Waals surface area contributed by atoms with Crippen molar-refractivity contribution in [1.29, 1.82) is 0 Å². The van der Waals surface area contributed by atoms with Gasteiger partial charge in [0.05, 0.1) is 25.4 Å².